The van der Waals surface area contributed by atoms with Crippen molar-refractivity contribution in [3.8, 4) is 0 Å². The summed E-state index contributed by atoms with van der Waals surface area (Å²) in [6.45, 7) is 4.03. The Labute approximate surface area is 143 Å². The average Bonchev–Trinajstić information content (AvgIpc) is 2.62. The zero-order chi connectivity index (χ0) is 16.9. The van der Waals surface area contributed by atoms with Crippen LogP contribution in [0.25, 0.3) is 0 Å². The summed E-state index contributed by atoms with van der Waals surface area (Å²) < 4.78 is 11.3. The molecule has 0 N–H and O–H groups in total. The first-order chi connectivity index (χ1) is 11.7. The molecule has 1 heterocycles. The highest BCUT2D eigenvalue weighted by Crippen LogP contribution is 2.40. The molecular weight excluding hydrogens is 300 g/mol. The number of ketones is 1. The maximum Gasteiger partial charge on any atom is 0.303 e. The van der Waals surface area contributed by atoms with Crippen molar-refractivity contribution in [2.24, 2.45) is 5.92 Å². The minimum atomic E-state index is -0.431. The summed E-state index contributed by atoms with van der Waals surface area (Å²) in [6, 6.07) is 19.9. The van der Waals surface area contributed by atoms with Crippen molar-refractivity contribution < 1.29 is 14.0 Å². The molecule has 0 saturated heterocycles. The Morgan fingerprint density at radius 1 is 1.12 bits per heavy atom. The van der Waals surface area contributed by atoms with Crippen molar-refractivity contribution >= 4 is 11.8 Å². The predicted octanol–water partition coefficient (Wildman–Crippen LogP) is 4.14. The summed E-state index contributed by atoms with van der Waals surface area (Å²) in [5, 5.41) is 0. The lowest BCUT2D eigenvalue weighted by atomic mass is 9.77. The van der Waals surface area contributed by atoms with Crippen molar-refractivity contribution in [1.29, 1.82) is 0 Å². The maximum absolute atomic E-state index is 12.5. The van der Waals surface area contributed by atoms with E-state index in [0.717, 1.165) is 16.9 Å². The van der Waals surface area contributed by atoms with Gasteiger partial charge in [0.05, 0.1) is 12.5 Å². The lowest BCUT2D eigenvalue weighted by Gasteiger charge is -2.37. The molecule has 0 amide bonds. The summed E-state index contributed by atoms with van der Waals surface area (Å²) in [5.74, 6) is 0.00346. The normalized spacial score (nSPS) is 20.1. The standard InChI is InChI=1S/C21H21O3/c1-3-23-21(22)20-15(2)24-19(17-12-8-5-9-13-17)14-18(20)16-10-6-4-7-11-16/h4-14,18,20H,3H2,1-2H3/q-1. The van der Waals surface area contributed by atoms with Crippen LogP contribution in [0.4, 0.5) is 0 Å². The van der Waals surface area contributed by atoms with Gasteiger partial charge in [-0.3, -0.25) is 4.79 Å². The Morgan fingerprint density at radius 3 is 2.38 bits per heavy atom. The van der Waals surface area contributed by atoms with E-state index in [2.05, 4.69) is 0 Å². The molecule has 0 radical (unpaired) electrons. The first kappa shape index (κ1) is 16.2. The third-order valence-corrected chi connectivity index (χ3v) is 4.18. The fourth-order valence-electron chi connectivity index (χ4n) is 3.05. The van der Waals surface area contributed by atoms with Crippen LogP contribution in [0.2, 0.25) is 0 Å². The van der Waals surface area contributed by atoms with Gasteiger partial charge in [0.2, 0.25) is 0 Å². The molecule has 24 heavy (non-hydrogen) atoms. The van der Waals surface area contributed by atoms with Crippen LogP contribution in [0.1, 0.15) is 35.3 Å². The SMILES string of the molecule is CCOC(=O)C1[C-](C)[O+]=C(c2ccccc2)[CH-]C1c1ccccc1. The van der Waals surface area contributed by atoms with Gasteiger partial charge in [-0.15, -0.1) is 12.1 Å². The minimum absolute atomic E-state index is 0.103. The molecule has 1 aliphatic heterocycles. The van der Waals surface area contributed by atoms with Crippen molar-refractivity contribution in [2.75, 3.05) is 6.61 Å². The van der Waals surface area contributed by atoms with E-state index in [0.29, 0.717) is 12.7 Å². The number of hydrogen-bond acceptors (Lipinski definition) is 2. The zero-order valence-electron chi connectivity index (χ0n) is 13.9. The van der Waals surface area contributed by atoms with Gasteiger partial charge in [0.1, 0.15) is 0 Å². The molecule has 124 valence electrons. The van der Waals surface area contributed by atoms with Gasteiger partial charge in [0.15, 0.2) is 6.10 Å². The van der Waals surface area contributed by atoms with Crippen LogP contribution in [0.5, 0.6) is 0 Å². The van der Waals surface area contributed by atoms with Gasteiger partial charge < -0.3 is 9.16 Å². The number of rotatable bonds is 4. The molecule has 2 aromatic rings. The van der Waals surface area contributed by atoms with Crippen LogP contribution in [0.15, 0.2) is 60.7 Å². The van der Waals surface area contributed by atoms with Crippen molar-refractivity contribution in [3.05, 3.63) is 84.3 Å². The third kappa shape index (κ3) is 3.30. The fourth-order valence-corrected chi connectivity index (χ4v) is 3.05. The van der Waals surface area contributed by atoms with E-state index in [1.807, 2.05) is 80.9 Å². The molecule has 2 aromatic carbocycles. The monoisotopic (exact) mass is 321 g/mol. The van der Waals surface area contributed by atoms with E-state index in [4.69, 9.17) is 9.16 Å². The highest BCUT2D eigenvalue weighted by atomic mass is 16.5. The Balaban J connectivity index is 1.99. The van der Waals surface area contributed by atoms with E-state index in [9.17, 15) is 4.79 Å². The maximum atomic E-state index is 12.5. The van der Waals surface area contributed by atoms with E-state index in [-0.39, 0.29) is 11.9 Å². The van der Waals surface area contributed by atoms with Gasteiger partial charge in [0, 0.05) is 5.78 Å². The van der Waals surface area contributed by atoms with E-state index < -0.39 is 5.92 Å². The summed E-state index contributed by atoms with van der Waals surface area (Å²) in [4.78, 5) is 12.5. The Bertz CT molecular complexity index is 706. The van der Waals surface area contributed by atoms with Crippen LogP contribution in [-0.4, -0.2) is 18.4 Å². The van der Waals surface area contributed by atoms with Gasteiger partial charge in [0.25, 0.3) is 0 Å². The van der Waals surface area contributed by atoms with Gasteiger partial charge in [-0.2, -0.15) is 5.56 Å². The van der Waals surface area contributed by atoms with Gasteiger partial charge in [-0.25, -0.2) is 6.42 Å². The molecule has 0 saturated carbocycles. The zero-order valence-corrected chi connectivity index (χ0v) is 13.9. The van der Waals surface area contributed by atoms with Crippen LogP contribution < -0.4 is 0 Å². The number of hydrogen-bond donors (Lipinski definition) is 0. The summed E-state index contributed by atoms with van der Waals surface area (Å²) in [6.07, 6.45) is 2.70. The van der Waals surface area contributed by atoms with Crippen molar-refractivity contribution in [1.82, 2.24) is 0 Å². The van der Waals surface area contributed by atoms with Crippen LogP contribution in [0, 0.1) is 18.4 Å². The molecule has 3 rings (SSSR count). The third-order valence-electron chi connectivity index (χ3n) is 4.18. The fraction of sp³-hybridized carbons (Fsp3) is 0.238. The van der Waals surface area contributed by atoms with Gasteiger partial charge >= 0.3 is 5.97 Å². The van der Waals surface area contributed by atoms with Crippen molar-refractivity contribution in [2.45, 2.75) is 19.8 Å². The predicted molar refractivity (Wildman–Crippen MR) is 93.3 cm³/mol. The molecule has 2 atom stereocenters. The molecule has 2 unspecified atom stereocenters. The Morgan fingerprint density at radius 2 is 1.75 bits per heavy atom. The molecule has 0 aliphatic carbocycles. The number of esters is 1. The topological polar surface area (TPSA) is 37.6 Å². The highest BCUT2D eigenvalue weighted by molar-refractivity contribution is 6.04. The number of carbonyl (C=O) groups is 1. The van der Waals surface area contributed by atoms with Crippen LogP contribution >= 0.6 is 0 Å². The molecule has 3 heteroatoms. The number of carbonyl (C=O) groups excluding carboxylic acids is 2. The second-order valence-electron chi connectivity index (χ2n) is 5.78. The average molecular weight is 321 g/mol. The smallest absolute Gasteiger partial charge is 0.303 e. The van der Waals surface area contributed by atoms with Crippen LogP contribution in [0.3, 0.4) is 0 Å². The van der Waals surface area contributed by atoms with E-state index in [1.165, 1.54) is 0 Å². The molecule has 3 nitrogen and oxygen atoms in total. The summed E-state index contributed by atoms with van der Waals surface area (Å²) >= 11 is 0. The first-order valence-corrected chi connectivity index (χ1v) is 8.21. The molecule has 0 fully saturated rings. The Kier molecular flexibility index (Phi) is 4.90. The second-order valence-corrected chi connectivity index (χ2v) is 5.78. The highest BCUT2D eigenvalue weighted by Gasteiger charge is 2.37. The lowest BCUT2D eigenvalue weighted by Crippen LogP contribution is -2.34. The molecule has 0 spiro atoms. The quantitative estimate of drug-likeness (QED) is 0.482. The van der Waals surface area contributed by atoms with E-state index in [1.54, 1.807) is 0 Å². The van der Waals surface area contributed by atoms with Gasteiger partial charge in [-0.05, 0) is 13.8 Å². The summed E-state index contributed by atoms with van der Waals surface area (Å²) in [5.41, 5.74) is 2.08. The van der Waals surface area contributed by atoms with Crippen molar-refractivity contribution in [3.63, 3.8) is 0 Å². The van der Waals surface area contributed by atoms with Crippen LogP contribution in [-0.2, 0) is 9.53 Å². The minimum Gasteiger partial charge on any atom is -0.466 e. The Hall–Kier alpha value is -2.68. The van der Waals surface area contributed by atoms with Gasteiger partial charge in [-0.1, -0.05) is 60.0 Å². The summed E-state index contributed by atoms with van der Waals surface area (Å²) in [7, 11) is 0. The number of benzene rings is 2. The number of ether oxygens (including phenoxy) is 1. The molecule has 0 bridgehead atoms. The first-order valence-electron chi connectivity index (χ1n) is 8.21. The van der Waals surface area contributed by atoms with E-state index >= 15 is 0 Å². The largest absolute Gasteiger partial charge is 0.466 e. The molecule has 1 aliphatic rings. The molecule has 0 aromatic heterocycles. The molecular formula is C21H21O3-. The lowest BCUT2D eigenvalue weighted by molar-refractivity contribution is -0.274. The second kappa shape index (κ2) is 7.26.